The molecule has 2 aromatic carbocycles. The van der Waals surface area contributed by atoms with Gasteiger partial charge in [-0.3, -0.25) is 0 Å². The highest BCUT2D eigenvalue weighted by atomic mass is 32.2. The second kappa shape index (κ2) is 7.35. The molecule has 1 aliphatic heterocycles. The summed E-state index contributed by atoms with van der Waals surface area (Å²) in [6, 6.07) is 15.9. The largest absolute Gasteiger partial charge is 0.323 e. The van der Waals surface area contributed by atoms with Gasteiger partial charge in [0.15, 0.2) is 9.84 Å². The summed E-state index contributed by atoms with van der Waals surface area (Å²) in [5.41, 5.74) is 1.95. The maximum absolute atomic E-state index is 12.7. The van der Waals surface area contributed by atoms with Crippen LogP contribution in [0.2, 0.25) is 0 Å². The van der Waals surface area contributed by atoms with Crippen molar-refractivity contribution in [3.05, 3.63) is 60.2 Å². The summed E-state index contributed by atoms with van der Waals surface area (Å²) >= 11 is 0. The van der Waals surface area contributed by atoms with Gasteiger partial charge in [0.05, 0.1) is 10.1 Å². The van der Waals surface area contributed by atoms with Crippen molar-refractivity contribution in [1.82, 2.24) is 4.90 Å². The Bertz CT molecular complexity index is 901. The molecule has 144 valence electrons. The van der Waals surface area contributed by atoms with Crippen LogP contribution in [0.25, 0.3) is 0 Å². The van der Waals surface area contributed by atoms with E-state index in [1.165, 1.54) is 5.56 Å². The second-order valence-corrected chi connectivity index (χ2v) is 10.2. The van der Waals surface area contributed by atoms with Gasteiger partial charge in [-0.25, -0.2) is 13.2 Å². The summed E-state index contributed by atoms with van der Waals surface area (Å²) in [7, 11) is -3.42. The quantitative estimate of drug-likeness (QED) is 0.865. The van der Waals surface area contributed by atoms with Crippen molar-refractivity contribution in [3.63, 3.8) is 0 Å². The van der Waals surface area contributed by atoms with Crippen molar-refractivity contribution in [3.8, 4) is 0 Å². The standard InChI is InChI=1S/C21H26N2O3S/c1-21(2,3)16-9-11-17(12-10-16)22-20(24)23-14-13-19(15-23)27(25,26)18-7-5-4-6-8-18/h4-12,19H,13-15H2,1-3H3,(H,22,24)/t19-/m1/s1. The molecule has 0 aliphatic carbocycles. The molecule has 2 amide bonds. The van der Waals surface area contributed by atoms with Gasteiger partial charge in [0, 0.05) is 18.8 Å². The van der Waals surface area contributed by atoms with E-state index in [2.05, 4.69) is 26.1 Å². The fourth-order valence-corrected chi connectivity index (χ4v) is 4.94. The van der Waals surface area contributed by atoms with Crippen LogP contribution in [0.1, 0.15) is 32.8 Å². The fourth-order valence-electron chi connectivity index (χ4n) is 3.22. The third kappa shape index (κ3) is 4.33. The molecule has 3 rings (SSSR count). The molecule has 1 saturated heterocycles. The number of hydrogen-bond donors (Lipinski definition) is 1. The highest BCUT2D eigenvalue weighted by molar-refractivity contribution is 7.92. The number of nitrogens with one attached hydrogen (secondary N) is 1. The summed E-state index contributed by atoms with van der Waals surface area (Å²) < 4.78 is 25.5. The van der Waals surface area contributed by atoms with Crippen LogP contribution in [0.5, 0.6) is 0 Å². The zero-order valence-electron chi connectivity index (χ0n) is 16.0. The van der Waals surface area contributed by atoms with Crippen LogP contribution in [-0.2, 0) is 15.3 Å². The lowest BCUT2D eigenvalue weighted by Gasteiger charge is -2.20. The molecular formula is C21H26N2O3S. The van der Waals surface area contributed by atoms with E-state index in [4.69, 9.17) is 0 Å². The average molecular weight is 387 g/mol. The molecule has 27 heavy (non-hydrogen) atoms. The van der Waals surface area contributed by atoms with Gasteiger partial charge in [-0.15, -0.1) is 0 Å². The van der Waals surface area contributed by atoms with Crippen molar-refractivity contribution >= 4 is 21.6 Å². The summed E-state index contributed by atoms with van der Waals surface area (Å²) in [6.45, 7) is 7.06. The van der Waals surface area contributed by atoms with Gasteiger partial charge >= 0.3 is 6.03 Å². The zero-order chi connectivity index (χ0) is 19.7. The number of carbonyl (C=O) groups is 1. The Morgan fingerprint density at radius 2 is 1.67 bits per heavy atom. The third-order valence-electron chi connectivity index (χ3n) is 4.94. The van der Waals surface area contributed by atoms with E-state index in [0.717, 1.165) is 0 Å². The molecule has 0 unspecified atom stereocenters. The van der Waals surface area contributed by atoms with Crippen molar-refractivity contribution in [2.24, 2.45) is 0 Å². The van der Waals surface area contributed by atoms with Gasteiger partial charge in [0.2, 0.25) is 0 Å². The number of nitrogens with zero attached hydrogens (tertiary/aromatic N) is 1. The molecule has 1 heterocycles. The first-order chi connectivity index (χ1) is 12.7. The van der Waals surface area contributed by atoms with Crippen LogP contribution >= 0.6 is 0 Å². The lowest BCUT2D eigenvalue weighted by Crippen LogP contribution is -2.35. The molecule has 1 atom stereocenters. The second-order valence-electron chi connectivity index (χ2n) is 7.97. The first kappa shape index (κ1) is 19.4. The molecule has 1 aliphatic rings. The normalized spacial score (nSPS) is 17.7. The van der Waals surface area contributed by atoms with E-state index in [0.29, 0.717) is 23.5 Å². The van der Waals surface area contributed by atoms with Crippen LogP contribution in [0.4, 0.5) is 10.5 Å². The van der Waals surface area contributed by atoms with Gasteiger partial charge in [0.25, 0.3) is 0 Å². The van der Waals surface area contributed by atoms with E-state index in [1.54, 1.807) is 35.2 Å². The lowest BCUT2D eigenvalue weighted by atomic mass is 9.87. The molecule has 0 radical (unpaired) electrons. The first-order valence-corrected chi connectivity index (χ1v) is 10.7. The Labute approximate surface area is 161 Å². The molecule has 0 saturated carbocycles. The SMILES string of the molecule is CC(C)(C)c1ccc(NC(=O)N2CC[C@@H](S(=O)(=O)c3ccccc3)C2)cc1. The number of sulfone groups is 1. The Kier molecular flexibility index (Phi) is 5.29. The van der Waals surface area contributed by atoms with E-state index < -0.39 is 15.1 Å². The van der Waals surface area contributed by atoms with Crippen LogP contribution in [0, 0.1) is 0 Å². The van der Waals surface area contributed by atoms with Crippen molar-refractivity contribution < 1.29 is 13.2 Å². The van der Waals surface area contributed by atoms with Gasteiger partial charge in [-0.2, -0.15) is 0 Å². The van der Waals surface area contributed by atoms with Gasteiger partial charge in [0.1, 0.15) is 0 Å². The Morgan fingerprint density at radius 1 is 1.04 bits per heavy atom. The van der Waals surface area contributed by atoms with Gasteiger partial charge in [-0.05, 0) is 41.7 Å². The molecule has 0 aromatic heterocycles. The molecule has 1 N–H and O–H groups in total. The van der Waals surface area contributed by atoms with Crippen LogP contribution in [0.15, 0.2) is 59.5 Å². The smallest absolute Gasteiger partial charge is 0.321 e. The number of likely N-dealkylation sites (tertiary alicyclic amines) is 1. The van der Waals surface area contributed by atoms with Crippen LogP contribution < -0.4 is 5.32 Å². The summed E-state index contributed by atoms with van der Waals surface area (Å²) in [6.07, 6.45) is 0.452. The van der Waals surface area contributed by atoms with E-state index in [9.17, 15) is 13.2 Å². The number of rotatable bonds is 3. The van der Waals surface area contributed by atoms with Crippen LogP contribution in [0.3, 0.4) is 0 Å². The molecule has 5 nitrogen and oxygen atoms in total. The summed E-state index contributed by atoms with van der Waals surface area (Å²) in [5.74, 6) is 0. The maximum atomic E-state index is 12.7. The molecular weight excluding hydrogens is 360 g/mol. The third-order valence-corrected chi connectivity index (χ3v) is 7.14. The monoisotopic (exact) mass is 386 g/mol. The van der Waals surface area contributed by atoms with E-state index >= 15 is 0 Å². The summed E-state index contributed by atoms with van der Waals surface area (Å²) in [5, 5.41) is 2.31. The average Bonchev–Trinajstić information content (AvgIpc) is 3.13. The van der Waals surface area contributed by atoms with Crippen molar-refractivity contribution in [2.45, 2.75) is 42.8 Å². The number of amides is 2. The minimum atomic E-state index is -3.42. The van der Waals surface area contributed by atoms with E-state index in [1.807, 2.05) is 24.3 Å². The highest BCUT2D eigenvalue weighted by Gasteiger charge is 2.36. The highest BCUT2D eigenvalue weighted by Crippen LogP contribution is 2.26. The minimum Gasteiger partial charge on any atom is -0.323 e. The topological polar surface area (TPSA) is 66.5 Å². The molecule has 2 aromatic rings. The number of anilines is 1. The fraction of sp³-hybridized carbons (Fsp3) is 0.381. The predicted molar refractivity (Wildman–Crippen MR) is 108 cm³/mol. The van der Waals surface area contributed by atoms with Gasteiger partial charge < -0.3 is 10.2 Å². The maximum Gasteiger partial charge on any atom is 0.321 e. The Morgan fingerprint density at radius 3 is 2.26 bits per heavy atom. The molecule has 0 bridgehead atoms. The minimum absolute atomic E-state index is 0.0521. The number of carbonyl (C=O) groups excluding carboxylic acids is 1. The molecule has 0 spiro atoms. The Hall–Kier alpha value is -2.34. The first-order valence-electron chi connectivity index (χ1n) is 9.13. The lowest BCUT2D eigenvalue weighted by molar-refractivity contribution is 0.222. The number of hydrogen-bond acceptors (Lipinski definition) is 3. The Balaban J connectivity index is 1.64. The molecule has 1 fully saturated rings. The van der Waals surface area contributed by atoms with Gasteiger partial charge in [-0.1, -0.05) is 51.1 Å². The summed E-state index contributed by atoms with van der Waals surface area (Å²) in [4.78, 5) is 14.4. The molecule has 6 heteroatoms. The predicted octanol–water partition coefficient (Wildman–Crippen LogP) is 4.06. The van der Waals surface area contributed by atoms with Crippen molar-refractivity contribution in [2.75, 3.05) is 18.4 Å². The number of benzene rings is 2. The van der Waals surface area contributed by atoms with Crippen LogP contribution in [-0.4, -0.2) is 37.7 Å². The van der Waals surface area contributed by atoms with E-state index in [-0.39, 0.29) is 18.0 Å². The zero-order valence-corrected chi connectivity index (χ0v) is 16.8. The van der Waals surface area contributed by atoms with Crippen molar-refractivity contribution in [1.29, 1.82) is 0 Å². The number of urea groups is 1.